The van der Waals surface area contributed by atoms with E-state index in [-0.39, 0.29) is 5.92 Å². The summed E-state index contributed by atoms with van der Waals surface area (Å²) in [5.74, 6) is 0.616. The highest BCUT2D eigenvalue weighted by Crippen LogP contribution is 2.41. The van der Waals surface area contributed by atoms with Gasteiger partial charge in [-0.2, -0.15) is 0 Å². The van der Waals surface area contributed by atoms with Gasteiger partial charge in [-0.15, -0.1) is 0 Å². The second kappa shape index (κ2) is 5.20. The number of phenolic OH excluding ortho intramolecular Hbond substituents is 2. The van der Waals surface area contributed by atoms with Crippen LogP contribution in [-0.4, -0.2) is 10.2 Å². The van der Waals surface area contributed by atoms with Gasteiger partial charge in [-0.25, -0.2) is 0 Å². The molecular formula is C18H22O2. The molecule has 0 atom stereocenters. The maximum absolute atomic E-state index is 10.4. The van der Waals surface area contributed by atoms with Gasteiger partial charge in [0.15, 0.2) is 0 Å². The van der Waals surface area contributed by atoms with E-state index in [0.29, 0.717) is 11.5 Å². The minimum atomic E-state index is -0.0465. The van der Waals surface area contributed by atoms with Crippen LogP contribution in [0, 0.1) is 27.7 Å². The molecule has 2 nitrogen and oxygen atoms in total. The predicted molar refractivity (Wildman–Crippen MR) is 82.7 cm³/mol. The third-order valence-electron chi connectivity index (χ3n) is 4.14. The first-order valence-electron chi connectivity index (χ1n) is 6.92. The molecule has 2 heteroatoms. The van der Waals surface area contributed by atoms with Crippen molar-refractivity contribution in [1.82, 2.24) is 0 Å². The van der Waals surface area contributed by atoms with E-state index < -0.39 is 0 Å². The number of hydrogen-bond donors (Lipinski definition) is 2. The van der Waals surface area contributed by atoms with Crippen molar-refractivity contribution in [1.29, 1.82) is 0 Å². The summed E-state index contributed by atoms with van der Waals surface area (Å²) in [7, 11) is 0. The number of benzene rings is 2. The first kappa shape index (κ1) is 14.4. The summed E-state index contributed by atoms with van der Waals surface area (Å²) in [5, 5.41) is 20.8. The number of phenols is 2. The van der Waals surface area contributed by atoms with Crippen LogP contribution in [0.25, 0.3) is 0 Å². The second-order valence-corrected chi connectivity index (χ2v) is 5.64. The van der Waals surface area contributed by atoms with Gasteiger partial charge in [0.05, 0.1) is 0 Å². The molecule has 0 aliphatic carbocycles. The van der Waals surface area contributed by atoms with E-state index in [4.69, 9.17) is 0 Å². The van der Waals surface area contributed by atoms with Gasteiger partial charge in [0.25, 0.3) is 0 Å². The van der Waals surface area contributed by atoms with Gasteiger partial charge in [-0.05, 0) is 49.9 Å². The Labute approximate surface area is 120 Å². The van der Waals surface area contributed by atoms with Gasteiger partial charge in [-0.3, -0.25) is 0 Å². The summed E-state index contributed by atoms with van der Waals surface area (Å²) < 4.78 is 0. The highest BCUT2D eigenvalue weighted by molar-refractivity contribution is 5.55. The van der Waals surface area contributed by atoms with Crippen LogP contribution in [0.4, 0.5) is 0 Å². The number of hydrogen-bond acceptors (Lipinski definition) is 2. The molecule has 2 N–H and O–H groups in total. The summed E-state index contributed by atoms with van der Waals surface area (Å²) in [5.41, 5.74) is 5.61. The van der Waals surface area contributed by atoms with Crippen molar-refractivity contribution in [2.45, 2.75) is 40.5 Å². The van der Waals surface area contributed by atoms with Gasteiger partial charge in [0.1, 0.15) is 11.5 Å². The average molecular weight is 270 g/mol. The van der Waals surface area contributed by atoms with E-state index in [1.165, 1.54) is 0 Å². The Hall–Kier alpha value is -1.96. The van der Waals surface area contributed by atoms with E-state index in [2.05, 4.69) is 0 Å². The Morgan fingerprint density at radius 3 is 1.30 bits per heavy atom. The molecule has 0 unspecified atom stereocenters. The van der Waals surface area contributed by atoms with Crippen LogP contribution >= 0.6 is 0 Å². The van der Waals surface area contributed by atoms with Crippen LogP contribution in [-0.2, 0) is 0 Å². The maximum atomic E-state index is 10.4. The Morgan fingerprint density at radius 2 is 0.950 bits per heavy atom. The molecular weight excluding hydrogens is 248 g/mol. The van der Waals surface area contributed by atoms with Crippen molar-refractivity contribution in [3.8, 4) is 11.5 Å². The molecule has 20 heavy (non-hydrogen) atoms. The Bertz CT molecular complexity index is 599. The lowest BCUT2D eigenvalue weighted by Gasteiger charge is -2.21. The molecule has 106 valence electrons. The highest BCUT2D eigenvalue weighted by atomic mass is 16.3. The average Bonchev–Trinajstić information content (AvgIpc) is 2.39. The first-order valence-corrected chi connectivity index (χ1v) is 6.92. The monoisotopic (exact) mass is 270 g/mol. The molecule has 2 aromatic rings. The van der Waals surface area contributed by atoms with Crippen molar-refractivity contribution in [2.24, 2.45) is 0 Å². The molecule has 0 bridgehead atoms. The number of rotatable bonds is 2. The lowest BCUT2D eigenvalue weighted by Crippen LogP contribution is -2.04. The first-order chi connectivity index (χ1) is 9.34. The van der Waals surface area contributed by atoms with Gasteiger partial charge in [-0.1, -0.05) is 31.2 Å². The maximum Gasteiger partial charge on any atom is 0.122 e. The van der Waals surface area contributed by atoms with E-state index in [1.807, 2.05) is 58.9 Å². The van der Waals surface area contributed by atoms with E-state index in [9.17, 15) is 10.2 Å². The zero-order valence-electron chi connectivity index (χ0n) is 12.8. The summed E-state index contributed by atoms with van der Waals surface area (Å²) >= 11 is 0. The van der Waals surface area contributed by atoms with Crippen LogP contribution in [0.5, 0.6) is 11.5 Å². The zero-order chi connectivity index (χ0) is 15.0. The van der Waals surface area contributed by atoms with Crippen LogP contribution < -0.4 is 0 Å². The van der Waals surface area contributed by atoms with Crippen molar-refractivity contribution in [3.05, 3.63) is 57.6 Å². The summed E-state index contributed by atoms with van der Waals surface area (Å²) in [6.45, 7) is 9.81. The Balaban J connectivity index is 2.67. The molecule has 0 aromatic heterocycles. The van der Waals surface area contributed by atoms with E-state index >= 15 is 0 Å². The van der Waals surface area contributed by atoms with Crippen molar-refractivity contribution < 1.29 is 10.2 Å². The van der Waals surface area contributed by atoms with Gasteiger partial charge in [0.2, 0.25) is 0 Å². The quantitative estimate of drug-likeness (QED) is 0.844. The second-order valence-electron chi connectivity index (χ2n) is 5.64. The minimum absolute atomic E-state index is 0.0465. The molecule has 0 radical (unpaired) electrons. The standard InChI is InChI=1S/C18H22O2/c1-10-6-8-12(3)17(19)15(10)14(5)16-11(2)7-9-13(4)18(16)20/h6-9,14,19-20H,1-5H3. The fourth-order valence-corrected chi connectivity index (χ4v) is 2.87. The molecule has 2 rings (SSSR count). The molecule has 0 heterocycles. The van der Waals surface area contributed by atoms with Crippen molar-refractivity contribution >= 4 is 0 Å². The molecule has 0 spiro atoms. The fourth-order valence-electron chi connectivity index (χ4n) is 2.87. The van der Waals surface area contributed by atoms with Crippen LogP contribution in [0.1, 0.15) is 46.2 Å². The third kappa shape index (κ3) is 2.26. The molecule has 0 aliphatic rings. The normalized spacial score (nSPS) is 11.1. The SMILES string of the molecule is Cc1ccc(C)c(C(C)c2c(C)ccc(C)c2O)c1O. The summed E-state index contributed by atoms with van der Waals surface area (Å²) in [6, 6.07) is 7.87. The molecule has 0 saturated carbocycles. The highest BCUT2D eigenvalue weighted by Gasteiger charge is 2.21. The Morgan fingerprint density at radius 1 is 0.650 bits per heavy atom. The topological polar surface area (TPSA) is 40.5 Å². The molecule has 0 fully saturated rings. The summed E-state index contributed by atoms with van der Waals surface area (Å²) in [6.07, 6.45) is 0. The Kier molecular flexibility index (Phi) is 3.76. The van der Waals surface area contributed by atoms with Gasteiger partial charge < -0.3 is 10.2 Å². The number of aromatic hydroxyl groups is 2. The fraction of sp³-hybridized carbons (Fsp3) is 0.333. The number of aryl methyl sites for hydroxylation is 4. The van der Waals surface area contributed by atoms with Gasteiger partial charge >= 0.3 is 0 Å². The lowest BCUT2D eigenvalue weighted by atomic mass is 9.84. The lowest BCUT2D eigenvalue weighted by molar-refractivity contribution is 0.451. The van der Waals surface area contributed by atoms with Crippen molar-refractivity contribution in [2.75, 3.05) is 0 Å². The molecule has 0 saturated heterocycles. The van der Waals surface area contributed by atoms with Crippen molar-refractivity contribution in [3.63, 3.8) is 0 Å². The third-order valence-corrected chi connectivity index (χ3v) is 4.14. The van der Waals surface area contributed by atoms with Crippen LogP contribution in [0.3, 0.4) is 0 Å². The summed E-state index contributed by atoms with van der Waals surface area (Å²) in [4.78, 5) is 0. The van der Waals surface area contributed by atoms with Crippen LogP contribution in [0.2, 0.25) is 0 Å². The molecule has 0 aliphatic heterocycles. The molecule has 2 aromatic carbocycles. The van der Waals surface area contributed by atoms with E-state index in [0.717, 1.165) is 33.4 Å². The predicted octanol–water partition coefficient (Wildman–Crippen LogP) is 4.48. The smallest absolute Gasteiger partial charge is 0.122 e. The van der Waals surface area contributed by atoms with Crippen LogP contribution in [0.15, 0.2) is 24.3 Å². The van der Waals surface area contributed by atoms with E-state index in [1.54, 1.807) is 0 Å². The minimum Gasteiger partial charge on any atom is -0.507 e. The zero-order valence-corrected chi connectivity index (χ0v) is 12.8. The van der Waals surface area contributed by atoms with Gasteiger partial charge in [0, 0.05) is 17.0 Å². The largest absolute Gasteiger partial charge is 0.507 e. The molecule has 0 amide bonds.